The molecule has 0 saturated carbocycles. The Morgan fingerprint density at radius 3 is 2.35 bits per heavy atom. The average molecular weight is 357 g/mol. The van der Waals surface area contributed by atoms with E-state index in [4.69, 9.17) is 14.2 Å². The number of esters is 1. The van der Waals surface area contributed by atoms with Crippen molar-refractivity contribution < 1.29 is 23.8 Å². The van der Waals surface area contributed by atoms with Crippen molar-refractivity contribution in [1.82, 2.24) is 0 Å². The Bertz CT molecular complexity index is 727. The van der Waals surface area contributed by atoms with Crippen molar-refractivity contribution in [2.24, 2.45) is 0 Å². The topological polar surface area (TPSA) is 73.9 Å². The van der Waals surface area contributed by atoms with Crippen LogP contribution < -0.4 is 14.8 Å². The van der Waals surface area contributed by atoms with Crippen molar-refractivity contribution in [3.8, 4) is 11.5 Å². The summed E-state index contributed by atoms with van der Waals surface area (Å²) in [5, 5.41) is 2.68. The number of amides is 1. The minimum atomic E-state index is -0.490. The van der Waals surface area contributed by atoms with Gasteiger partial charge in [-0.15, -0.1) is 0 Å². The first-order valence-corrected chi connectivity index (χ1v) is 8.44. The molecular formula is C20H23NO5. The Labute approximate surface area is 153 Å². The van der Waals surface area contributed by atoms with Gasteiger partial charge in [0, 0.05) is 5.69 Å². The molecule has 1 amide bonds. The summed E-state index contributed by atoms with van der Waals surface area (Å²) in [6.45, 7) is 4.29. The molecule has 138 valence electrons. The van der Waals surface area contributed by atoms with E-state index in [1.54, 1.807) is 30.3 Å². The number of carbonyl (C=O) groups is 2. The Balaban J connectivity index is 1.64. The predicted octanol–water partition coefficient (Wildman–Crippen LogP) is 3.34. The van der Waals surface area contributed by atoms with Gasteiger partial charge in [-0.2, -0.15) is 0 Å². The molecule has 0 aromatic heterocycles. The number of hydrogen-bond donors (Lipinski definition) is 1. The summed E-state index contributed by atoms with van der Waals surface area (Å²) in [6.07, 6.45) is 0.0605. The Morgan fingerprint density at radius 1 is 1.00 bits per heavy atom. The number of rotatable bonds is 9. The van der Waals surface area contributed by atoms with Crippen LogP contribution >= 0.6 is 0 Å². The largest absolute Gasteiger partial charge is 0.494 e. The van der Waals surface area contributed by atoms with Crippen molar-refractivity contribution in [2.45, 2.75) is 20.3 Å². The maximum atomic E-state index is 11.8. The van der Waals surface area contributed by atoms with Crippen LogP contribution in [-0.4, -0.2) is 31.7 Å². The molecule has 0 radical (unpaired) electrons. The van der Waals surface area contributed by atoms with Crippen molar-refractivity contribution in [2.75, 3.05) is 25.1 Å². The molecule has 0 heterocycles. The fourth-order valence-electron chi connectivity index (χ4n) is 2.19. The molecule has 0 saturated heterocycles. The molecule has 0 aliphatic heterocycles. The van der Waals surface area contributed by atoms with Crippen molar-refractivity contribution >= 4 is 17.6 Å². The van der Waals surface area contributed by atoms with E-state index in [2.05, 4.69) is 5.32 Å². The van der Waals surface area contributed by atoms with E-state index >= 15 is 0 Å². The Hall–Kier alpha value is -3.02. The van der Waals surface area contributed by atoms with Gasteiger partial charge in [0.2, 0.25) is 0 Å². The highest BCUT2D eigenvalue weighted by Crippen LogP contribution is 2.17. The molecule has 0 spiro atoms. The number of hydrogen-bond acceptors (Lipinski definition) is 5. The number of ether oxygens (including phenoxy) is 3. The second-order valence-electron chi connectivity index (χ2n) is 5.58. The molecule has 6 nitrogen and oxygen atoms in total. The standard InChI is InChI=1S/C20H23NO5/c1-3-24-17-7-9-18(10-8-17)25-12-11-20(23)26-14-19(22)21-16-6-4-5-15(2)13-16/h4-10,13H,3,11-12,14H2,1-2H3,(H,21,22). The van der Waals surface area contributed by atoms with Gasteiger partial charge in [0.1, 0.15) is 11.5 Å². The molecule has 2 rings (SSSR count). The molecule has 0 aliphatic rings. The quantitative estimate of drug-likeness (QED) is 0.697. The zero-order valence-corrected chi connectivity index (χ0v) is 15.0. The Morgan fingerprint density at radius 2 is 1.69 bits per heavy atom. The summed E-state index contributed by atoms with van der Waals surface area (Å²) in [5.41, 5.74) is 1.70. The molecule has 2 aromatic rings. The summed E-state index contributed by atoms with van der Waals surface area (Å²) in [7, 11) is 0. The van der Waals surface area contributed by atoms with Gasteiger partial charge in [-0.1, -0.05) is 12.1 Å². The lowest BCUT2D eigenvalue weighted by Crippen LogP contribution is -2.21. The number of benzene rings is 2. The van der Waals surface area contributed by atoms with E-state index in [0.717, 1.165) is 11.3 Å². The molecule has 1 N–H and O–H groups in total. The number of anilines is 1. The van der Waals surface area contributed by atoms with Crippen molar-refractivity contribution in [3.63, 3.8) is 0 Å². The van der Waals surface area contributed by atoms with Crippen molar-refractivity contribution in [3.05, 3.63) is 54.1 Å². The van der Waals surface area contributed by atoms with Crippen LogP contribution in [0.1, 0.15) is 18.9 Å². The monoisotopic (exact) mass is 357 g/mol. The summed E-state index contributed by atoms with van der Waals surface area (Å²) < 4.78 is 15.8. The SMILES string of the molecule is CCOc1ccc(OCCC(=O)OCC(=O)Nc2cccc(C)c2)cc1. The highest BCUT2D eigenvalue weighted by molar-refractivity contribution is 5.92. The summed E-state index contributed by atoms with van der Waals surface area (Å²) in [5.74, 6) is 0.532. The first-order valence-electron chi connectivity index (χ1n) is 8.44. The van der Waals surface area contributed by atoms with Gasteiger partial charge in [-0.3, -0.25) is 9.59 Å². The van der Waals surface area contributed by atoms with Crippen LogP contribution in [0.4, 0.5) is 5.69 Å². The zero-order chi connectivity index (χ0) is 18.8. The van der Waals surface area contributed by atoms with Crippen LogP contribution in [0.2, 0.25) is 0 Å². The Kier molecular flexibility index (Phi) is 7.49. The predicted molar refractivity (Wildman–Crippen MR) is 98.5 cm³/mol. The number of aryl methyl sites for hydroxylation is 1. The highest BCUT2D eigenvalue weighted by atomic mass is 16.5. The third kappa shape index (κ3) is 6.84. The number of carbonyl (C=O) groups excluding carboxylic acids is 2. The molecule has 0 unspecified atom stereocenters. The molecule has 0 fully saturated rings. The molecule has 2 aromatic carbocycles. The van der Waals surface area contributed by atoms with E-state index in [1.807, 2.05) is 32.0 Å². The second-order valence-corrected chi connectivity index (χ2v) is 5.58. The minimum absolute atomic E-state index is 0.0605. The van der Waals surface area contributed by atoms with Crippen LogP contribution in [-0.2, 0) is 14.3 Å². The molecular weight excluding hydrogens is 334 g/mol. The molecule has 0 aliphatic carbocycles. The lowest BCUT2D eigenvalue weighted by Gasteiger charge is -2.09. The average Bonchev–Trinajstić information content (AvgIpc) is 2.62. The fraction of sp³-hybridized carbons (Fsp3) is 0.300. The third-order valence-electron chi connectivity index (χ3n) is 3.38. The maximum Gasteiger partial charge on any atom is 0.309 e. The minimum Gasteiger partial charge on any atom is -0.494 e. The summed E-state index contributed by atoms with van der Waals surface area (Å²) >= 11 is 0. The van der Waals surface area contributed by atoms with Gasteiger partial charge in [0.25, 0.3) is 5.91 Å². The van der Waals surface area contributed by atoms with E-state index in [9.17, 15) is 9.59 Å². The third-order valence-corrected chi connectivity index (χ3v) is 3.38. The zero-order valence-electron chi connectivity index (χ0n) is 15.0. The molecule has 0 bridgehead atoms. The van der Waals surface area contributed by atoms with Gasteiger partial charge in [0.05, 0.1) is 19.6 Å². The van der Waals surface area contributed by atoms with Gasteiger partial charge < -0.3 is 19.5 Å². The molecule has 6 heteroatoms. The highest BCUT2D eigenvalue weighted by Gasteiger charge is 2.08. The van der Waals surface area contributed by atoms with E-state index in [-0.39, 0.29) is 25.5 Å². The van der Waals surface area contributed by atoms with E-state index < -0.39 is 5.97 Å². The van der Waals surface area contributed by atoms with Crippen molar-refractivity contribution in [1.29, 1.82) is 0 Å². The van der Waals surface area contributed by atoms with Gasteiger partial charge in [-0.25, -0.2) is 0 Å². The lowest BCUT2D eigenvalue weighted by atomic mass is 10.2. The normalized spacial score (nSPS) is 10.1. The number of nitrogens with one attached hydrogen (secondary N) is 1. The van der Waals surface area contributed by atoms with Gasteiger partial charge in [0.15, 0.2) is 6.61 Å². The van der Waals surface area contributed by atoms with Crippen LogP contribution in [0.5, 0.6) is 11.5 Å². The molecule has 26 heavy (non-hydrogen) atoms. The smallest absolute Gasteiger partial charge is 0.309 e. The maximum absolute atomic E-state index is 11.8. The van der Waals surface area contributed by atoms with Gasteiger partial charge in [-0.05, 0) is 55.8 Å². The first kappa shape index (κ1) is 19.3. The lowest BCUT2D eigenvalue weighted by molar-refractivity contribution is -0.147. The van der Waals surface area contributed by atoms with Crippen LogP contribution in [0.25, 0.3) is 0 Å². The first-order chi connectivity index (χ1) is 12.6. The van der Waals surface area contributed by atoms with Crippen LogP contribution in [0, 0.1) is 6.92 Å². The van der Waals surface area contributed by atoms with Crippen LogP contribution in [0.15, 0.2) is 48.5 Å². The van der Waals surface area contributed by atoms with Crippen LogP contribution in [0.3, 0.4) is 0 Å². The fourth-order valence-corrected chi connectivity index (χ4v) is 2.19. The molecule has 0 atom stereocenters. The van der Waals surface area contributed by atoms with Gasteiger partial charge >= 0.3 is 5.97 Å². The summed E-state index contributed by atoms with van der Waals surface area (Å²) in [6, 6.07) is 14.5. The summed E-state index contributed by atoms with van der Waals surface area (Å²) in [4.78, 5) is 23.5. The second kappa shape index (κ2) is 10.1. The van der Waals surface area contributed by atoms with E-state index in [1.165, 1.54) is 0 Å². The van der Waals surface area contributed by atoms with E-state index in [0.29, 0.717) is 18.0 Å².